The SMILES string of the molecule is CC.Oc1cc(O)cc(S)c1. The van der Waals surface area contributed by atoms with Crippen LogP contribution in [0.5, 0.6) is 11.5 Å². The molecule has 0 bridgehead atoms. The lowest BCUT2D eigenvalue weighted by Crippen LogP contribution is -1.66. The van der Waals surface area contributed by atoms with Crippen LogP contribution in [0.25, 0.3) is 0 Å². The van der Waals surface area contributed by atoms with Crippen LogP contribution in [-0.2, 0) is 0 Å². The van der Waals surface area contributed by atoms with Crippen molar-refractivity contribution in [3.05, 3.63) is 18.2 Å². The standard InChI is InChI=1S/C6H6O2S.C2H6/c7-4-1-5(8)3-6(9)2-4;1-2/h1-3,7-9H;1-2H3. The summed E-state index contributed by atoms with van der Waals surface area (Å²) in [5, 5.41) is 17.6. The highest BCUT2D eigenvalue weighted by Crippen LogP contribution is 2.21. The van der Waals surface area contributed by atoms with E-state index in [4.69, 9.17) is 10.2 Å². The smallest absolute Gasteiger partial charge is 0.120 e. The van der Waals surface area contributed by atoms with Crippen LogP contribution in [-0.4, -0.2) is 10.2 Å². The topological polar surface area (TPSA) is 40.5 Å². The van der Waals surface area contributed by atoms with Gasteiger partial charge in [-0.15, -0.1) is 12.6 Å². The van der Waals surface area contributed by atoms with Gasteiger partial charge in [0.05, 0.1) is 0 Å². The molecule has 0 aromatic heterocycles. The molecule has 1 aromatic rings. The molecule has 11 heavy (non-hydrogen) atoms. The second-order valence-corrected chi connectivity index (χ2v) is 2.22. The Morgan fingerprint density at radius 3 is 1.64 bits per heavy atom. The molecular formula is C8H12O2S. The summed E-state index contributed by atoms with van der Waals surface area (Å²) in [4.78, 5) is 0.549. The van der Waals surface area contributed by atoms with E-state index in [0.29, 0.717) is 4.90 Å². The van der Waals surface area contributed by atoms with Crippen LogP contribution < -0.4 is 0 Å². The van der Waals surface area contributed by atoms with E-state index < -0.39 is 0 Å². The fraction of sp³-hybridized carbons (Fsp3) is 0.250. The van der Waals surface area contributed by atoms with Crippen molar-refractivity contribution in [3.8, 4) is 11.5 Å². The molecule has 0 fully saturated rings. The molecule has 0 amide bonds. The lowest BCUT2D eigenvalue weighted by atomic mass is 10.3. The van der Waals surface area contributed by atoms with E-state index in [1.54, 1.807) is 0 Å². The molecule has 0 radical (unpaired) electrons. The molecule has 2 N–H and O–H groups in total. The third-order valence-electron chi connectivity index (χ3n) is 0.887. The number of aromatic hydroxyl groups is 2. The molecule has 0 aliphatic carbocycles. The second kappa shape index (κ2) is 4.91. The van der Waals surface area contributed by atoms with E-state index in [9.17, 15) is 0 Å². The summed E-state index contributed by atoms with van der Waals surface area (Å²) in [5.74, 6) is 0.0556. The van der Waals surface area contributed by atoms with Gasteiger partial charge in [-0.3, -0.25) is 0 Å². The van der Waals surface area contributed by atoms with Crippen molar-refractivity contribution in [1.82, 2.24) is 0 Å². The van der Waals surface area contributed by atoms with E-state index in [1.165, 1.54) is 18.2 Å². The fourth-order valence-electron chi connectivity index (χ4n) is 0.580. The minimum absolute atomic E-state index is 0.0278. The largest absolute Gasteiger partial charge is 0.508 e. The zero-order valence-corrected chi connectivity index (χ0v) is 7.47. The Bertz CT molecular complexity index is 173. The molecule has 0 aliphatic rings. The highest BCUT2D eigenvalue weighted by Gasteiger charge is 1.92. The third kappa shape index (κ3) is 3.78. The first-order valence-electron chi connectivity index (χ1n) is 3.40. The minimum atomic E-state index is 0.0278. The highest BCUT2D eigenvalue weighted by atomic mass is 32.1. The van der Waals surface area contributed by atoms with E-state index in [-0.39, 0.29) is 11.5 Å². The van der Waals surface area contributed by atoms with Crippen LogP contribution in [0.15, 0.2) is 23.1 Å². The molecule has 2 nitrogen and oxygen atoms in total. The number of hydrogen-bond donors (Lipinski definition) is 3. The van der Waals surface area contributed by atoms with Gasteiger partial charge in [0.2, 0.25) is 0 Å². The number of phenols is 2. The van der Waals surface area contributed by atoms with Crippen LogP contribution in [0.2, 0.25) is 0 Å². The molecule has 1 rings (SSSR count). The normalized spacial score (nSPS) is 8.27. The maximum Gasteiger partial charge on any atom is 0.120 e. The summed E-state index contributed by atoms with van der Waals surface area (Å²) in [6, 6.07) is 4.14. The van der Waals surface area contributed by atoms with Crippen molar-refractivity contribution in [2.45, 2.75) is 18.7 Å². The lowest BCUT2D eigenvalue weighted by Gasteiger charge is -1.94. The predicted octanol–water partition coefficient (Wildman–Crippen LogP) is 2.41. The van der Waals surface area contributed by atoms with Crippen molar-refractivity contribution in [3.63, 3.8) is 0 Å². The van der Waals surface area contributed by atoms with Gasteiger partial charge < -0.3 is 10.2 Å². The first kappa shape index (κ1) is 10.2. The van der Waals surface area contributed by atoms with E-state index >= 15 is 0 Å². The molecular weight excluding hydrogens is 160 g/mol. The van der Waals surface area contributed by atoms with Gasteiger partial charge in [0, 0.05) is 11.0 Å². The number of rotatable bonds is 0. The van der Waals surface area contributed by atoms with Crippen LogP contribution >= 0.6 is 12.6 Å². The summed E-state index contributed by atoms with van der Waals surface area (Å²) in [6.45, 7) is 4.00. The summed E-state index contributed by atoms with van der Waals surface area (Å²) in [6.07, 6.45) is 0. The van der Waals surface area contributed by atoms with Gasteiger partial charge >= 0.3 is 0 Å². The van der Waals surface area contributed by atoms with Crippen molar-refractivity contribution in [1.29, 1.82) is 0 Å². The Morgan fingerprint density at radius 1 is 1.00 bits per heavy atom. The monoisotopic (exact) mass is 172 g/mol. The first-order valence-corrected chi connectivity index (χ1v) is 3.85. The van der Waals surface area contributed by atoms with Crippen molar-refractivity contribution in [2.75, 3.05) is 0 Å². The molecule has 62 valence electrons. The molecule has 0 unspecified atom stereocenters. The molecule has 0 atom stereocenters. The third-order valence-corrected chi connectivity index (χ3v) is 1.15. The number of phenolic OH excluding ortho intramolecular Hbond substituents is 2. The van der Waals surface area contributed by atoms with Crippen molar-refractivity contribution < 1.29 is 10.2 Å². The van der Waals surface area contributed by atoms with Gasteiger partial charge in [0.15, 0.2) is 0 Å². The first-order chi connectivity index (χ1) is 5.18. The molecule has 0 aliphatic heterocycles. The van der Waals surface area contributed by atoms with Crippen LogP contribution in [0.1, 0.15) is 13.8 Å². The second-order valence-electron chi connectivity index (χ2n) is 1.71. The summed E-state index contributed by atoms with van der Waals surface area (Å²) in [5.41, 5.74) is 0. The maximum atomic E-state index is 8.78. The van der Waals surface area contributed by atoms with Crippen molar-refractivity contribution >= 4 is 12.6 Å². The minimum Gasteiger partial charge on any atom is -0.508 e. The van der Waals surface area contributed by atoms with E-state index in [0.717, 1.165) is 0 Å². The lowest BCUT2D eigenvalue weighted by molar-refractivity contribution is 0.448. The zero-order chi connectivity index (χ0) is 8.85. The van der Waals surface area contributed by atoms with Gasteiger partial charge in [-0.25, -0.2) is 0 Å². The van der Waals surface area contributed by atoms with E-state index in [2.05, 4.69) is 12.6 Å². The molecule has 0 spiro atoms. The average molecular weight is 172 g/mol. The summed E-state index contributed by atoms with van der Waals surface area (Å²) < 4.78 is 0. The van der Waals surface area contributed by atoms with Crippen LogP contribution in [0.3, 0.4) is 0 Å². The van der Waals surface area contributed by atoms with Crippen molar-refractivity contribution in [2.24, 2.45) is 0 Å². The van der Waals surface area contributed by atoms with Gasteiger partial charge in [-0.05, 0) is 12.1 Å². The summed E-state index contributed by atoms with van der Waals surface area (Å²) >= 11 is 3.90. The quantitative estimate of drug-likeness (QED) is 0.526. The maximum absolute atomic E-state index is 8.78. The van der Waals surface area contributed by atoms with Gasteiger partial charge in [0.25, 0.3) is 0 Å². The van der Waals surface area contributed by atoms with Crippen LogP contribution in [0, 0.1) is 0 Å². The highest BCUT2D eigenvalue weighted by molar-refractivity contribution is 7.80. The Morgan fingerprint density at radius 2 is 1.36 bits per heavy atom. The number of thiol groups is 1. The van der Waals surface area contributed by atoms with Gasteiger partial charge in [-0.2, -0.15) is 0 Å². The van der Waals surface area contributed by atoms with E-state index in [1.807, 2.05) is 13.8 Å². The molecule has 0 saturated carbocycles. The fourth-order valence-corrected chi connectivity index (χ4v) is 0.844. The Balaban J connectivity index is 0.000000461. The van der Waals surface area contributed by atoms with Gasteiger partial charge in [-0.1, -0.05) is 13.8 Å². The molecule has 1 aromatic carbocycles. The Hall–Kier alpha value is -0.830. The molecule has 0 heterocycles. The number of benzene rings is 1. The Kier molecular flexibility index (Phi) is 4.54. The van der Waals surface area contributed by atoms with Crippen LogP contribution in [0.4, 0.5) is 0 Å². The Labute approximate surface area is 71.9 Å². The average Bonchev–Trinajstić information content (AvgIpc) is 1.88. The summed E-state index contributed by atoms with van der Waals surface area (Å²) in [7, 11) is 0. The zero-order valence-electron chi connectivity index (χ0n) is 6.57. The molecule has 3 heteroatoms. The van der Waals surface area contributed by atoms with Gasteiger partial charge in [0.1, 0.15) is 11.5 Å². The number of hydrogen-bond acceptors (Lipinski definition) is 3. The predicted molar refractivity (Wildman–Crippen MR) is 48.4 cm³/mol. The molecule has 0 saturated heterocycles.